The smallest absolute Gasteiger partial charge is 0.0398 e. The molecule has 86 valence electrons. The van der Waals surface area contributed by atoms with Gasteiger partial charge in [0, 0.05) is 23.2 Å². The molecule has 0 aromatic heterocycles. The first-order valence-corrected chi connectivity index (χ1v) is 7.13. The van der Waals surface area contributed by atoms with E-state index in [2.05, 4.69) is 28.8 Å². The highest BCUT2D eigenvalue weighted by Gasteiger charge is 2.15. The molecule has 2 N–H and O–H groups in total. The molecule has 1 unspecified atom stereocenters. The van der Waals surface area contributed by atoms with E-state index in [1.165, 1.54) is 41.2 Å². The summed E-state index contributed by atoms with van der Waals surface area (Å²) in [6, 6.07) is 7.48. The first-order valence-electron chi connectivity index (χ1n) is 6.15. The predicted octanol–water partition coefficient (Wildman–Crippen LogP) is 2.50. The second-order valence-corrected chi connectivity index (χ2v) is 5.75. The Hall–Kier alpha value is -0.670. The zero-order valence-electron chi connectivity index (χ0n) is 9.46. The summed E-state index contributed by atoms with van der Waals surface area (Å²) in [5, 5.41) is 7.01. The van der Waals surface area contributed by atoms with Gasteiger partial charge in [-0.1, -0.05) is 0 Å². The highest BCUT2D eigenvalue weighted by atomic mass is 32.2. The third kappa shape index (κ3) is 2.20. The summed E-state index contributed by atoms with van der Waals surface area (Å²) in [6.45, 7) is 2.25. The van der Waals surface area contributed by atoms with E-state index in [1.54, 1.807) is 0 Å². The van der Waals surface area contributed by atoms with Gasteiger partial charge in [-0.2, -0.15) is 0 Å². The number of benzene rings is 1. The fourth-order valence-electron chi connectivity index (χ4n) is 2.46. The number of rotatable bonds is 2. The van der Waals surface area contributed by atoms with Gasteiger partial charge in [0.1, 0.15) is 0 Å². The van der Waals surface area contributed by atoms with Crippen molar-refractivity contribution < 1.29 is 0 Å². The zero-order valence-corrected chi connectivity index (χ0v) is 10.3. The first kappa shape index (κ1) is 10.5. The van der Waals surface area contributed by atoms with E-state index in [0.717, 1.165) is 13.1 Å². The van der Waals surface area contributed by atoms with Crippen molar-refractivity contribution in [2.75, 3.05) is 24.2 Å². The Labute approximate surface area is 101 Å². The molecule has 16 heavy (non-hydrogen) atoms. The zero-order chi connectivity index (χ0) is 10.8. The molecular weight excluding hydrogens is 216 g/mol. The minimum atomic E-state index is 0.620. The van der Waals surface area contributed by atoms with Crippen LogP contribution >= 0.6 is 11.8 Å². The van der Waals surface area contributed by atoms with Gasteiger partial charge in [-0.25, -0.2) is 0 Å². The molecule has 1 aromatic rings. The number of nitrogens with one attached hydrogen (secondary N) is 2. The number of thioether (sulfide) groups is 1. The second-order valence-electron chi connectivity index (χ2n) is 4.61. The summed E-state index contributed by atoms with van der Waals surface area (Å²) in [4.78, 5) is 1.49. The van der Waals surface area contributed by atoms with Crippen molar-refractivity contribution in [3.05, 3.63) is 23.8 Å². The van der Waals surface area contributed by atoms with Crippen molar-refractivity contribution in [2.24, 2.45) is 0 Å². The minimum absolute atomic E-state index is 0.620. The lowest BCUT2D eigenvalue weighted by molar-refractivity contribution is 0.792. The van der Waals surface area contributed by atoms with Crippen LogP contribution in [0.3, 0.4) is 0 Å². The summed E-state index contributed by atoms with van der Waals surface area (Å²) in [5.41, 5.74) is 2.84. The minimum Gasteiger partial charge on any atom is -0.381 e. The van der Waals surface area contributed by atoms with E-state index in [1.807, 2.05) is 11.8 Å². The largest absolute Gasteiger partial charge is 0.381 e. The number of anilines is 1. The van der Waals surface area contributed by atoms with Crippen molar-refractivity contribution in [1.29, 1.82) is 0 Å². The first-order chi connectivity index (χ1) is 7.92. The van der Waals surface area contributed by atoms with Crippen molar-refractivity contribution in [3.8, 4) is 0 Å². The van der Waals surface area contributed by atoms with E-state index in [-0.39, 0.29) is 0 Å². The molecule has 3 rings (SSSR count). The molecule has 3 heteroatoms. The van der Waals surface area contributed by atoms with E-state index in [9.17, 15) is 0 Å². The van der Waals surface area contributed by atoms with Crippen LogP contribution < -0.4 is 10.6 Å². The van der Waals surface area contributed by atoms with E-state index < -0.39 is 0 Å². The van der Waals surface area contributed by atoms with Crippen LogP contribution in [0, 0.1) is 0 Å². The van der Waals surface area contributed by atoms with Gasteiger partial charge in [0.25, 0.3) is 0 Å². The van der Waals surface area contributed by atoms with Crippen LogP contribution in [0.15, 0.2) is 23.1 Å². The van der Waals surface area contributed by atoms with Gasteiger partial charge in [-0.3, -0.25) is 0 Å². The van der Waals surface area contributed by atoms with Crippen molar-refractivity contribution >= 4 is 17.4 Å². The Bertz CT molecular complexity index is 372. The van der Waals surface area contributed by atoms with Crippen LogP contribution in [-0.2, 0) is 6.42 Å². The third-order valence-electron chi connectivity index (χ3n) is 3.34. The fourth-order valence-corrected chi connectivity index (χ4v) is 3.48. The standard InChI is InChI=1S/C13H18N2S/c1-2-10-8-11(3-4-13(10)16-7-1)15-12-5-6-14-9-12/h3-4,8,12,14-15H,1-2,5-7,9H2. The Kier molecular flexibility index (Phi) is 3.06. The third-order valence-corrected chi connectivity index (χ3v) is 4.54. The molecule has 1 atom stereocenters. The lowest BCUT2D eigenvalue weighted by Crippen LogP contribution is -2.22. The van der Waals surface area contributed by atoms with E-state index in [4.69, 9.17) is 0 Å². The summed E-state index contributed by atoms with van der Waals surface area (Å²) in [6.07, 6.45) is 3.82. The van der Waals surface area contributed by atoms with Crippen LogP contribution in [0.2, 0.25) is 0 Å². The maximum Gasteiger partial charge on any atom is 0.0398 e. The van der Waals surface area contributed by atoms with Crippen LogP contribution in [-0.4, -0.2) is 24.9 Å². The number of hydrogen-bond donors (Lipinski definition) is 2. The van der Waals surface area contributed by atoms with Gasteiger partial charge < -0.3 is 10.6 Å². The molecule has 1 saturated heterocycles. The molecule has 0 spiro atoms. The van der Waals surface area contributed by atoms with Crippen LogP contribution in [0.4, 0.5) is 5.69 Å². The average molecular weight is 234 g/mol. The highest BCUT2D eigenvalue weighted by molar-refractivity contribution is 7.99. The molecule has 2 aliphatic rings. The molecular formula is C13H18N2S. The summed E-state index contributed by atoms with van der Waals surface area (Å²) >= 11 is 2.00. The van der Waals surface area contributed by atoms with Crippen molar-refractivity contribution in [1.82, 2.24) is 5.32 Å². The molecule has 0 bridgehead atoms. The highest BCUT2D eigenvalue weighted by Crippen LogP contribution is 2.31. The molecule has 2 aliphatic heterocycles. The van der Waals surface area contributed by atoms with Crippen molar-refractivity contribution in [3.63, 3.8) is 0 Å². The van der Waals surface area contributed by atoms with Crippen LogP contribution in [0.5, 0.6) is 0 Å². The van der Waals surface area contributed by atoms with E-state index >= 15 is 0 Å². The number of hydrogen-bond acceptors (Lipinski definition) is 3. The number of fused-ring (bicyclic) bond motifs is 1. The van der Waals surface area contributed by atoms with Gasteiger partial charge >= 0.3 is 0 Å². The molecule has 0 radical (unpaired) electrons. The fraction of sp³-hybridized carbons (Fsp3) is 0.538. The average Bonchev–Trinajstić information content (AvgIpc) is 2.82. The topological polar surface area (TPSA) is 24.1 Å². The summed E-state index contributed by atoms with van der Waals surface area (Å²) < 4.78 is 0. The monoisotopic (exact) mass is 234 g/mol. The second kappa shape index (κ2) is 4.68. The molecule has 0 aliphatic carbocycles. The molecule has 1 fully saturated rings. The van der Waals surface area contributed by atoms with Gasteiger partial charge in [0.15, 0.2) is 0 Å². The Morgan fingerprint density at radius 1 is 1.38 bits per heavy atom. The normalized spacial score (nSPS) is 24.1. The van der Waals surface area contributed by atoms with Crippen LogP contribution in [0.1, 0.15) is 18.4 Å². The molecule has 1 aromatic carbocycles. The Morgan fingerprint density at radius 3 is 3.25 bits per heavy atom. The van der Waals surface area contributed by atoms with Gasteiger partial charge in [0.05, 0.1) is 0 Å². The lowest BCUT2D eigenvalue weighted by atomic mass is 10.1. The maximum absolute atomic E-state index is 3.62. The molecule has 0 saturated carbocycles. The van der Waals surface area contributed by atoms with E-state index in [0.29, 0.717) is 6.04 Å². The maximum atomic E-state index is 3.62. The number of aryl methyl sites for hydroxylation is 1. The molecule has 2 nitrogen and oxygen atoms in total. The van der Waals surface area contributed by atoms with Crippen LogP contribution in [0.25, 0.3) is 0 Å². The summed E-state index contributed by atoms with van der Waals surface area (Å²) in [7, 11) is 0. The SMILES string of the molecule is c1cc2c(cc1NC1CCNC1)CCCS2. The van der Waals surface area contributed by atoms with Crippen molar-refractivity contribution in [2.45, 2.75) is 30.2 Å². The summed E-state index contributed by atoms with van der Waals surface area (Å²) in [5.74, 6) is 1.28. The molecule has 2 heterocycles. The Morgan fingerprint density at radius 2 is 2.38 bits per heavy atom. The van der Waals surface area contributed by atoms with Gasteiger partial charge in [0.2, 0.25) is 0 Å². The molecule has 0 amide bonds. The van der Waals surface area contributed by atoms with Gasteiger partial charge in [-0.15, -0.1) is 11.8 Å². The quantitative estimate of drug-likeness (QED) is 0.822. The Balaban J connectivity index is 1.74. The lowest BCUT2D eigenvalue weighted by Gasteiger charge is -2.18. The van der Waals surface area contributed by atoms with Gasteiger partial charge in [-0.05, 0) is 55.3 Å². The predicted molar refractivity (Wildman–Crippen MR) is 70.4 cm³/mol.